The van der Waals surface area contributed by atoms with E-state index in [1.807, 2.05) is 83.3 Å². The lowest BCUT2D eigenvalue weighted by Gasteiger charge is -2.10. The van der Waals surface area contributed by atoms with E-state index >= 15 is 0 Å². The van der Waals surface area contributed by atoms with Gasteiger partial charge in [-0.25, -0.2) is 15.0 Å². The Kier molecular flexibility index (Phi) is 7.87. The van der Waals surface area contributed by atoms with E-state index in [0.717, 1.165) is 27.8 Å². The molecule has 0 bridgehead atoms. The van der Waals surface area contributed by atoms with Crippen molar-refractivity contribution in [2.24, 2.45) is 0 Å². The maximum atomic E-state index is 4.98. The summed E-state index contributed by atoms with van der Waals surface area (Å²) in [6.45, 7) is 0. The van der Waals surface area contributed by atoms with E-state index in [0.29, 0.717) is 17.5 Å². The molecule has 0 spiro atoms. The Hall–Kier alpha value is -6.79. The van der Waals surface area contributed by atoms with E-state index in [1.165, 1.54) is 62.6 Å². The zero-order valence-electron chi connectivity index (χ0n) is 30.1. The Morgan fingerprint density at radius 2 is 0.857 bits per heavy atom. The normalized spacial score (nSPS) is 11.6. The van der Waals surface area contributed by atoms with Crippen molar-refractivity contribution in [1.82, 2.24) is 15.0 Å². The molecule has 11 aromatic rings. The van der Waals surface area contributed by atoms with E-state index in [1.54, 1.807) is 0 Å². The van der Waals surface area contributed by atoms with Crippen LogP contribution in [0.1, 0.15) is 0 Å². The van der Waals surface area contributed by atoms with Crippen LogP contribution in [0.25, 0.3) is 108 Å². The molecule has 0 aliphatic rings. The SMILES string of the molecule is c1ccc(-c2nc(-c3ccccc3)nc(-c3cccc(-c4ccc5c(c4)sc4cccc(-c6ccc7sc8c(-c9ccccc9)cccc8c7c6)c45)c3)n2)cc1. The molecule has 5 heteroatoms. The van der Waals surface area contributed by atoms with Gasteiger partial charge in [0.05, 0.1) is 0 Å². The maximum absolute atomic E-state index is 4.98. The topological polar surface area (TPSA) is 38.7 Å². The predicted octanol–water partition coefficient (Wildman–Crippen LogP) is 14.6. The van der Waals surface area contributed by atoms with Crippen LogP contribution in [0.4, 0.5) is 0 Å². The van der Waals surface area contributed by atoms with Crippen LogP contribution in [-0.4, -0.2) is 15.0 Å². The zero-order chi connectivity index (χ0) is 37.0. The van der Waals surface area contributed by atoms with Gasteiger partial charge in [-0.3, -0.25) is 0 Å². The molecule has 0 N–H and O–H groups in total. The molecule has 0 aliphatic heterocycles. The van der Waals surface area contributed by atoms with E-state index < -0.39 is 0 Å². The summed E-state index contributed by atoms with van der Waals surface area (Å²) in [5.74, 6) is 1.97. The van der Waals surface area contributed by atoms with Gasteiger partial charge in [-0.2, -0.15) is 0 Å². The van der Waals surface area contributed by atoms with Gasteiger partial charge in [0.1, 0.15) is 0 Å². The number of hydrogen-bond acceptors (Lipinski definition) is 5. The van der Waals surface area contributed by atoms with Crippen LogP contribution in [0.2, 0.25) is 0 Å². The van der Waals surface area contributed by atoms with Gasteiger partial charge >= 0.3 is 0 Å². The van der Waals surface area contributed by atoms with Crippen molar-refractivity contribution >= 4 is 63.0 Å². The maximum Gasteiger partial charge on any atom is 0.164 e. The predicted molar refractivity (Wildman–Crippen MR) is 238 cm³/mol. The zero-order valence-corrected chi connectivity index (χ0v) is 31.7. The molecule has 0 amide bonds. The van der Waals surface area contributed by atoms with Crippen LogP contribution in [0.15, 0.2) is 188 Å². The fraction of sp³-hybridized carbons (Fsp3) is 0. The van der Waals surface area contributed by atoms with Crippen molar-refractivity contribution in [2.75, 3.05) is 0 Å². The second kappa shape index (κ2) is 13.5. The summed E-state index contributed by atoms with van der Waals surface area (Å²) < 4.78 is 5.21. The van der Waals surface area contributed by atoms with Crippen molar-refractivity contribution in [3.05, 3.63) is 188 Å². The number of nitrogens with zero attached hydrogens (tertiary/aromatic N) is 3. The van der Waals surface area contributed by atoms with Gasteiger partial charge in [-0.1, -0.05) is 158 Å². The molecule has 0 unspecified atom stereocenters. The summed E-state index contributed by atoms with van der Waals surface area (Å²) >= 11 is 3.74. The Morgan fingerprint density at radius 1 is 0.286 bits per heavy atom. The van der Waals surface area contributed by atoms with Crippen LogP contribution in [0.3, 0.4) is 0 Å². The van der Waals surface area contributed by atoms with Gasteiger partial charge in [-0.05, 0) is 63.7 Å². The third kappa shape index (κ3) is 5.68. The van der Waals surface area contributed by atoms with Gasteiger partial charge in [0.25, 0.3) is 0 Å². The molecule has 56 heavy (non-hydrogen) atoms. The van der Waals surface area contributed by atoms with Crippen molar-refractivity contribution in [3.8, 4) is 67.5 Å². The average molecular weight is 750 g/mol. The third-order valence-electron chi connectivity index (χ3n) is 10.5. The molecule has 0 radical (unpaired) electrons. The van der Waals surface area contributed by atoms with E-state index in [2.05, 4.69) is 127 Å². The van der Waals surface area contributed by atoms with Gasteiger partial charge in [0.2, 0.25) is 0 Å². The van der Waals surface area contributed by atoms with Crippen molar-refractivity contribution in [2.45, 2.75) is 0 Å². The molecule has 0 saturated carbocycles. The first-order chi connectivity index (χ1) is 27.7. The Morgan fingerprint density at radius 3 is 1.59 bits per heavy atom. The number of fused-ring (bicyclic) bond motifs is 6. The largest absolute Gasteiger partial charge is 0.208 e. The summed E-state index contributed by atoms with van der Waals surface area (Å²) in [4.78, 5) is 14.8. The number of aromatic nitrogens is 3. The Bertz CT molecular complexity index is 3180. The molecule has 11 rings (SSSR count). The molecular weight excluding hydrogens is 719 g/mol. The minimum Gasteiger partial charge on any atom is -0.208 e. The number of rotatable bonds is 6. The Labute approximate surface area is 331 Å². The standard InChI is InChI=1S/C51H31N3S2/c1-4-13-32(14-5-1)40-22-11-23-41-43-30-37(26-28-44(43)56-48(40)41)39-21-12-24-45-47(39)42-27-25-36(31-46(42)55-45)35-19-10-20-38(29-35)51-53-49(33-15-6-2-7-16-33)52-50(54-51)34-17-8-3-9-18-34/h1-31H. The summed E-state index contributed by atoms with van der Waals surface area (Å²) in [6.07, 6.45) is 0. The minimum atomic E-state index is 0.652. The summed E-state index contributed by atoms with van der Waals surface area (Å²) in [5, 5.41) is 5.21. The molecule has 0 aliphatic carbocycles. The highest BCUT2D eigenvalue weighted by atomic mass is 32.1. The highest BCUT2D eigenvalue weighted by Crippen LogP contribution is 2.45. The molecular formula is C51H31N3S2. The fourth-order valence-electron chi connectivity index (χ4n) is 7.83. The van der Waals surface area contributed by atoms with Crippen LogP contribution in [0.5, 0.6) is 0 Å². The smallest absolute Gasteiger partial charge is 0.164 e. The summed E-state index contributed by atoms with van der Waals surface area (Å²) in [6, 6.07) is 66.8. The van der Waals surface area contributed by atoms with Crippen molar-refractivity contribution in [3.63, 3.8) is 0 Å². The average Bonchev–Trinajstić information content (AvgIpc) is 3.85. The first-order valence-electron chi connectivity index (χ1n) is 18.7. The van der Waals surface area contributed by atoms with E-state index in [4.69, 9.17) is 15.0 Å². The van der Waals surface area contributed by atoms with E-state index in [9.17, 15) is 0 Å². The van der Waals surface area contributed by atoms with Crippen molar-refractivity contribution < 1.29 is 0 Å². The van der Waals surface area contributed by atoms with Crippen LogP contribution < -0.4 is 0 Å². The van der Waals surface area contributed by atoms with Crippen LogP contribution in [-0.2, 0) is 0 Å². The molecule has 0 atom stereocenters. The molecule has 0 saturated heterocycles. The quantitative estimate of drug-likeness (QED) is 0.170. The van der Waals surface area contributed by atoms with Gasteiger partial charge in [-0.15, -0.1) is 22.7 Å². The van der Waals surface area contributed by atoms with Crippen LogP contribution in [0, 0.1) is 0 Å². The number of thiophene rings is 2. The first kappa shape index (κ1) is 32.6. The van der Waals surface area contributed by atoms with Gasteiger partial charge in [0.15, 0.2) is 17.5 Å². The third-order valence-corrected chi connectivity index (χ3v) is 12.9. The van der Waals surface area contributed by atoms with Crippen LogP contribution >= 0.6 is 22.7 Å². The minimum absolute atomic E-state index is 0.652. The second-order valence-corrected chi connectivity index (χ2v) is 16.1. The molecule has 8 aromatic carbocycles. The molecule has 3 heterocycles. The van der Waals surface area contributed by atoms with Gasteiger partial charge < -0.3 is 0 Å². The lowest BCUT2D eigenvalue weighted by atomic mass is 9.96. The lowest BCUT2D eigenvalue weighted by molar-refractivity contribution is 1.07. The number of benzene rings is 8. The second-order valence-electron chi connectivity index (χ2n) is 14.0. The fourth-order valence-corrected chi connectivity index (χ4v) is 10.2. The molecule has 3 aromatic heterocycles. The van der Waals surface area contributed by atoms with Gasteiger partial charge in [0, 0.05) is 57.0 Å². The monoisotopic (exact) mass is 749 g/mol. The highest BCUT2D eigenvalue weighted by Gasteiger charge is 2.17. The molecule has 3 nitrogen and oxygen atoms in total. The number of hydrogen-bond donors (Lipinski definition) is 0. The summed E-state index contributed by atoms with van der Waals surface area (Å²) in [7, 11) is 0. The van der Waals surface area contributed by atoms with Crippen molar-refractivity contribution in [1.29, 1.82) is 0 Å². The lowest BCUT2D eigenvalue weighted by Crippen LogP contribution is -2.00. The summed E-state index contributed by atoms with van der Waals surface area (Å²) in [5.41, 5.74) is 10.2. The van der Waals surface area contributed by atoms with E-state index in [-0.39, 0.29) is 0 Å². The molecule has 0 fully saturated rings. The molecule has 262 valence electrons. The Balaban J connectivity index is 0.989. The first-order valence-corrected chi connectivity index (χ1v) is 20.3. The highest BCUT2D eigenvalue weighted by molar-refractivity contribution is 7.26.